The molecule has 2 aliphatic heterocycles. The molecule has 2 aromatic rings. The largest absolute Gasteiger partial charge is 0.380 e. The number of hydrogen-bond acceptors (Lipinski definition) is 4. The molecule has 0 amide bonds. The van der Waals surface area contributed by atoms with Crippen LogP contribution in [-0.2, 0) is 21.4 Å². The summed E-state index contributed by atoms with van der Waals surface area (Å²) in [4.78, 5) is 2.64. The molecule has 156 valence electrons. The second-order valence-electron chi connectivity index (χ2n) is 8.11. The van der Waals surface area contributed by atoms with Crippen LogP contribution in [0.5, 0.6) is 0 Å². The van der Waals surface area contributed by atoms with E-state index in [1.54, 1.807) is 35.7 Å². The van der Waals surface area contributed by atoms with E-state index in [0.29, 0.717) is 19.7 Å². The first-order chi connectivity index (χ1) is 13.9. The molecule has 0 aromatic heterocycles. The number of ether oxygens (including phenoxy) is 1. The highest BCUT2D eigenvalue weighted by atomic mass is 35.5. The summed E-state index contributed by atoms with van der Waals surface area (Å²) in [5, 5.41) is 0.289. The number of sulfonamides is 1. The van der Waals surface area contributed by atoms with E-state index in [-0.39, 0.29) is 15.3 Å². The van der Waals surface area contributed by atoms with Gasteiger partial charge in [0.15, 0.2) is 0 Å². The summed E-state index contributed by atoms with van der Waals surface area (Å²) in [6.45, 7) is 3.72. The molecular formula is C22H27ClN2O3S. The number of hydrogen-bond donors (Lipinski definition) is 0. The number of halogens is 1. The molecule has 4 rings (SSSR count). The van der Waals surface area contributed by atoms with Crippen LogP contribution < -0.4 is 4.90 Å². The van der Waals surface area contributed by atoms with Crippen molar-refractivity contribution in [2.45, 2.75) is 30.8 Å². The third-order valence-electron chi connectivity index (χ3n) is 6.29. The van der Waals surface area contributed by atoms with Crippen LogP contribution in [0.1, 0.15) is 24.8 Å². The van der Waals surface area contributed by atoms with E-state index in [1.165, 1.54) is 11.3 Å². The van der Waals surface area contributed by atoms with Gasteiger partial charge in [-0.25, -0.2) is 8.42 Å². The first kappa shape index (κ1) is 20.7. The lowest BCUT2D eigenvalue weighted by Crippen LogP contribution is -2.44. The van der Waals surface area contributed by atoms with Crippen LogP contribution in [0.2, 0.25) is 5.02 Å². The van der Waals surface area contributed by atoms with Gasteiger partial charge in [-0.2, -0.15) is 4.31 Å². The fourth-order valence-electron chi connectivity index (χ4n) is 4.53. The van der Waals surface area contributed by atoms with Gasteiger partial charge in [0.2, 0.25) is 10.0 Å². The predicted molar refractivity (Wildman–Crippen MR) is 116 cm³/mol. The monoisotopic (exact) mass is 434 g/mol. The normalized spacial score (nSPS) is 19.7. The van der Waals surface area contributed by atoms with E-state index >= 15 is 0 Å². The number of piperidine rings is 1. The van der Waals surface area contributed by atoms with E-state index in [9.17, 15) is 8.42 Å². The Balaban J connectivity index is 1.41. The smallest absolute Gasteiger partial charge is 0.244 e. The summed E-state index contributed by atoms with van der Waals surface area (Å²) in [7, 11) is -1.83. The summed E-state index contributed by atoms with van der Waals surface area (Å²) < 4.78 is 32.8. The maximum absolute atomic E-state index is 13.0. The van der Waals surface area contributed by atoms with Crippen molar-refractivity contribution in [3.8, 4) is 0 Å². The summed E-state index contributed by atoms with van der Waals surface area (Å²) in [6.07, 6.45) is 2.87. The van der Waals surface area contributed by atoms with Crippen molar-refractivity contribution in [3.05, 3.63) is 59.1 Å². The maximum atomic E-state index is 13.0. The van der Waals surface area contributed by atoms with Gasteiger partial charge in [-0.05, 0) is 54.5 Å². The Bertz CT molecular complexity index is 954. The van der Waals surface area contributed by atoms with E-state index in [2.05, 4.69) is 29.2 Å². The molecule has 2 aromatic carbocycles. The fourth-order valence-corrected chi connectivity index (χ4v) is 6.46. The molecule has 1 spiro atoms. The van der Waals surface area contributed by atoms with Crippen LogP contribution >= 0.6 is 11.6 Å². The minimum absolute atomic E-state index is 0.192. The molecule has 2 aliphatic rings. The molecule has 0 unspecified atom stereocenters. The number of anilines is 1. The third kappa shape index (κ3) is 4.17. The van der Waals surface area contributed by atoms with Gasteiger partial charge in [0.1, 0.15) is 4.90 Å². The van der Waals surface area contributed by atoms with Gasteiger partial charge in [0, 0.05) is 39.0 Å². The Kier molecular flexibility index (Phi) is 5.89. The van der Waals surface area contributed by atoms with Gasteiger partial charge < -0.3 is 9.64 Å². The Morgan fingerprint density at radius 2 is 1.66 bits per heavy atom. The second kappa shape index (κ2) is 8.26. The van der Waals surface area contributed by atoms with Gasteiger partial charge >= 0.3 is 0 Å². The van der Waals surface area contributed by atoms with Crippen molar-refractivity contribution < 1.29 is 13.2 Å². The van der Waals surface area contributed by atoms with Gasteiger partial charge in [-0.1, -0.05) is 35.9 Å². The van der Waals surface area contributed by atoms with Crippen molar-refractivity contribution in [3.63, 3.8) is 0 Å². The molecule has 2 fully saturated rings. The molecule has 2 heterocycles. The zero-order valence-electron chi connectivity index (χ0n) is 16.7. The molecule has 0 radical (unpaired) electrons. The van der Waals surface area contributed by atoms with Crippen molar-refractivity contribution in [2.24, 2.45) is 5.41 Å². The highest BCUT2D eigenvalue weighted by molar-refractivity contribution is 7.89. The van der Waals surface area contributed by atoms with Gasteiger partial charge in [0.25, 0.3) is 0 Å². The first-order valence-electron chi connectivity index (χ1n) is 10.0. The average Bonchev–Trinajstić information content (AvgIpc) is 3.13. The molecule has 2 saturated heterocycles. The number of benzene rings is 2. The standard InChI is InChI=1S/C22H27ClN2O3S/c1-28-16-18-6-8-19(9-7-18)24-13-10-22(17-24)11-14-25(15-12-22)29(26,27)21-5-3-2-4-20(21)23/h2-9H,10-17H2,1H3. The lowest BCUT2D eigenvalue weighted by atomic mass is 9.78. The molecule has 5 nitrogen and oxygen atoms in total. The van der Waals surface area contributed by atoms with Crippen LogP contribution in [0, 0.1) is 5.41 Å². The van der Waals surface area contributed by atoms with E-state index in [4.69, 9.17) is 16.3 Å². The average molecular weight is 435 g/mol. The van der Waals surface area contributed by atoms with Crippen molar-refractivity contribution in [1.82, 2.24) is 4.31 Å². The topological polar surface area (TPSA) is 49.9 Å². The molecule has 0 bridgehead atoms. The Hall–Kier alpha value is -1.60. The Morgan fingerprint density at radius 3 is 2.31 bits per heavy atom. The second-order valence-corrected chi connectivity index (χ2v) is 10.4. The molecule has 0 aliphatic carbocycles. The summed E-state index contributed by atoms with van der Waals surface area (Å²) in [5.41, 5.74) is 2.59. The van der Waals surface area contributed by atoms with E-state index in [0.717, 1.165) is 32.4 Å². The Morgan fingerprint density at radius 1 is 1.00 bits per heavy atom. The molecule has 0 N–H and O–H groups in total. The highest BCUT2D eigenvalue weighted by Crippen LogP contribution is 2.43. The molecular weight excluding hydrogens is 408 g/mol. The van der Waals surface area contributed by atoms with Crippen molar-refractivity contribution >= 4 is 27.3 Å². The molecule has 0 atom stereocenters. The van der Waals surface area contributed by atoms with Crippen LogP contribution in [-0.4, -0.2) is 46.0 Å². The number of methoxy groups -OCH3 is 1. The molecule has 7 heteroatoms. The van der Waals surface area contributed by atoms with Crippen LogP contribution in [0.3, 0.4) is 0 Å². The lowest BCUT2D eigenvalue weighted by Gasteiger charge is -2.38. The quantitative estimate of drug-likeness (QED) is 0.708. The van der Waals surface area contributed by atoms with Gasteiger partial charge in [-0.3, -0.25) is 0 Å². The first-order valence-corrected chi connectivity index (χ1v) is 11.8. The third-order valence-corrected chi connectivity index (χ3v) is 8.69. The van der Waals surface area contributed by atoms with Gasteiger partial charge in [0.05, 0.1) is 11.6 Å². The lowest BCUT2D eigenvalue weighted by molar-refractivity contribution is 0.177. The summed E-state index contributed by atoms with van der Waals surface area (Å²) in [5.74, 6) is 0. The number of rotatable bonds is 5. The maximum Gasteiger partial charge on any atom is 0.244 e. The fraction of sp³-hybridized carbons (Fsp3) is 0.455. The summed E-state index contributed by atoms with van der Waals surface area (Å²) in [6, 6.07) is 15.2. The number of nitrogens with zero attached hydrogens (tertiary/aromatic N) is 2. The van der Waals surface area contributed by atoms with Crippen molar-refractivity contribution in [2.75, 3.05) is 38.2 Å². The molecule has 29 heavy (non-hydrogen) atoms. The van der Waals surface area contributed by atoms with Crippen molar-refractivity contribution in [1.29, 1.82) is 0 Å². The van der Waals surface area contributed by atoms with Crippen LogP contribution in [0.4, 0.5) is 5.69 Å². The van der Waals surface area contributed by atoms with E-state index in [1.807, 2.05) is 0 Å². The van der Waals surface area contributed by atoms with Crippen LogP contribution in [0.25, 0.3) is 0 Å². The Labute approximate surface area is 178 Å². The summed E-state index contributed by atoms with van der Waals surface area (Å²) >= 11 is 6.15. The SMILES string of the molecule is COCc1ccc(N2CCC3(CCN(S(=O)(=O)c4ccccc4Cl)CC3)C2)cc1. The van der Waals surface area contributed by atoms with E-state index < -0.39 is 10.0 Å². The highest BCUT2D eigenvalue weighted by Gasteiger charge is 2.43. The minimum Gasteiger partial charge on any atom is -0.380 e. The van der Waals surface area contributed by atoms with Gasteiger partial charge in [-0.15, -0.1) is 0 Å². The zero-order chi connectivity index (χ0) is 20.5. The van der Waals surface area contributed by atoms with Crippen LogP contribution in [0.15, 0.2) is 53.4 Å². The predicted octanol–water partition coefficient (Wildman–Crippen LogP) is 4.17. The zero-order valence-corrected chi connectivity index (χ0v) is 18.3. The molecule has 0 saturated carbocycles. The minimum atomic E-state index is -3.54.